The number of carbonyl (C=O) groups excluding carboxylic acids is 1. The maximum Gasteiger partial charge on any atom is 0.227 e. The van der Waals surface area contributed by atoms with Gasteiger partial charge in [0.1, 0.15) is 0 Å². The van der Waals surface area contributed by atoms with Crippen molar-refractivity contribution in [1.82, 2.24) is 9.80 Å². The van der Waals surface area contributed by atoms with Crippen molar-refractivity contribution in [2.24, 2.45) is 5.92 Å². The molecule has 2 unspecified atom stereocenters. The quantitative estimate of drug-likeness (QED) is 0.428. The zero-order valence-electron chi connectivity index (χ0n) is 23.0. The predicted molar refractivity (Wildman–Crippen MR) is 148 cm³/mol. The normalized spacial score (nSPS) is 18.9. The molecule has 2 heterocycles. The van der Waals surface area contributed by atoms with Gasteiger partial charge in [0.05, 0.1) is 45.7 Å². The van der Waals surface area contributed by atoms with E-state index in [2.05, 4.69) is 4.90 Å². The van der Waals surface area contributed by atoms with Crippen molar-refractivity contribution in [3.05, 3.63) is 41.5 Å². The third kappa shape index (κ3) is 6.80. The Balaban J connectivity index is 1.27. The number of nitrogens with zero attached hydrogens (tertiary/aromatic N) is 2. The van der Waals surface area contributed by atoms with E-state index in [1.165, 1.54) is 0 Å². The topological polar surface area (TPSA) is 77.5 Å². The van der Waals surface area contributed by atoms with Crippen molar-refractivity contribution in [2.75, 3.05) is 66.9 Å². The Hall–Kier alpha value is -2.78. The highest BCUT2D eigenvalue weighted by molar-refractivity contribution is 7.85. The summed E-state index contributed by atoms with van der Waals surface area (Å²) in [4.78, 5) is 18.4. The molecular formula is C29H40N2O6S. The Morgan fingerprint density at radius 3 is 2.29 bits per heavy atom. The number of hydrogen-bond acceptors (Lipinski definition) is 7. The van der Waals surface area contributed by atoms with Gasteiger partial charge < -0.3 is 28.7 Å². The molecule has 1 amide bonds. The fourth-order valence-corrected chi connectivity index (χ4v) is 6.60. The van der Waals surface area contributed by atoms with Crippen LogP contribution >= 0.6 is 0 Å². The van der Waals surface area contributed by atoms with E-state index in [0.717, 1.165) is 74.4 Å². The number of amides is 1. The number of methoxy groups -OCH3 is 4. The average molecular weight is 545 g/mol. The first-order valence-electron chi connectivity index (χ1n) is 13.3. The summed E-state index contributed by atoms with van der Waals surface area (Å²) in [5.41, 5.74) is 2.19. The molecule has 0 N–H and O–H groups in total. The van der Waals surface area contributed by atoms with Crippen LogP contribution in [-0.4, -0.2) is 86.8 Å². The lowest BCUT2D eigenvalue weighted by atomic mass is 9.97. The highest BCUT2D eigenvalue weighted by Gasteiger charge is 2.27. The summed E-state index contributed by atoms with van der Waals surface area (Å²) in [5.74, 6) is 3.85. The standard InChI is InChI=1S/C29H40N2O6S/c1-34-25-9-8-24(18-28(25)37-4)38(33)14-6-12-30-11-5-7-21(19-30)20-31-13-10-22-15-26(35-2)27(36-3)16-23(22)17-29(31)32/h8-9,15-16,18,21H,5-7,10-14,17,19-20H2,1-4H3. The lowest BCUT2D eigenvalue weighted by Gasteiger charge is -2.35. The first-order chi connectivity index (χ1) is 18.4. The molecule has 1 fully saturated rings. The smallest absolute Gasteiger partial charge is 0.227 e. The molecule has 38 heavy (non-hydrogen) atoms. The Morgan fingerprint density at radius 2 is 1.58 bits per heavy atom. The largest absolute Gasteiger partial charge is 0.493 e. The molecule has 0 radical (unpaired) electrons. The molecule has 0 spiro atoms. The van der Waals surface area contributed by atoms with Gasteiger partial charge >= 0.3 is 0 Å². The second-order valence-corrected chi connectivity index (χ2v) is 11.5. The number of carbonyl (C=O) groups is 1. The third-order valence-corrected chi connectivity index (χ3v) is 8.99. The molecule has 2 atom stereocenters. The summed E-state index contributed by atoms with van der Waals surface area (Å²) < 4.78 is 34.4. The second-order valence-electron chi connectivity index (χ2n) is 9.97. The van der Waals surface area contributed by atoms with Crippen LogP contribution in [0.15, 0.2) is 35.2 Å². The lowest BCUT2D eigenvalue weighted by molar-refractivity contribution is -0.131. The maximum atomic E-state index is 13.1. The first kappa shape index (κ1) is 28.2. The van der Waals surface area contributed by atoms with Gasteiger partial charge in [-0.2, -0.15) is 0 Å². The van der Waals surface area contributed by atoms with Gasteiger partial charge in [-0.05, 0) is 80.1 Å². The monoisotopic (exact) mass is 544 g/mol. The number of rotatable bonds is 11. The number of benzene rings is 2. The van der Waals surface area contributed by atoms with E-state index >= 15 is 0 Å². The predicted octanol–water partition coefficient (Wildman–Crippen LogP) is 3.56. The van der Waals surface area contributed by atoms with Gasteiger partial charge in [-0.15, -0.1) is 0 Å². The van der Waals surface area contributed by atoms with Crippen LogP contribution in [0.4, 0.5) is 0 Å². The van der Waals surface area contributed by atoms with Gasteiger partial charge in [-0.1, -0.05) is 0 Å². The van der Waals surface area contributed by atoms with Gasteiger partial charge in [-0.25, -0.2) is 0 Å². The van der Waals surface area contributed by atoms with Crippen molar-refractivity contribution in [3.63, 3.8) is 0 Å². The number of hydrogen-bond donors (Lipinski definition) is 0. The van der Waals surface area contributed by atoms with Crippen molar-refractivity contribution in [3.8, 4) is 23.0 Å². The Morgan fingerprint density at radius 1 is 0.895 bits per heavy atom. The van der Waals surface area contributed by atoms with Crippen molar-refractivity contribution >= 4 is 16.7 Å². The van der Waals surface area contributed by atoms with E-state index in [1.807, 2.05) is 23.1 Å². The fourth-order valence-electron chi connectivity index (χ4n) is 5.52. The van der Waals surface area contributed by atoms with Crippen LogP contribution in [0, 0.1) is 5.92 Å². The van der Waals surface area contributed by atoms with Crippen molar-refractivity contribution in [2.45, 2.75) is 37.0 Å². The van der Waals surface area contributed by atoms with Crippen LogP contribution < -0.4 is 18.9 Å². The molecular weight excluding hydrogens is 504 g/mol. The summed E-state index contributed by atoms with van der Waals surface area (Å²) in [7, 11) is 5.36. The fraction of sp³-hybridized carbons (Fsp3) is 0.552. The number of likely N-dealkylation sites (tertiary alicyclic amines) is 1. The molecule has 4 rings (SSSR count). The SMILES string of the molecule is COc1ccc(S(=O)CCCN2CCCC(CN3CCc4cc(OC)c(OC)cc4CC3=O)C2)cc1OC. The Kier molecular flexibility index (Phi) is 9.91. The van der Waals surface area contributed by atoms with E-state index < -0.39 is 10.8 Å². The van der Waals surface area contributed by atoms with Crippen LogP contribution in [0.1, 0.15) is 30.4 Å². The van der Waals surface area contributed by atoms with Crippen LogP contribution in [0.3, 0.4) is 0 Å². The zero-order chi connectivity index (χ0) is 27.1. The first-order valence-corrected chi connectivity index (χ1v) is 14.6. The Labute approximate surface area is 228 Å². The summed E-state index contributed by atoms with van der Waals surface area (Å²) in [6, 6.07) is 9.41. The maximum absolute atomic E-state index is 13.1. The number of ether oxygens (including phenoxy) is 4. The van der Waals surface area contributed by atoms with Gasteiger partial charge in [-0.3, -0.25) is 9.00 Å². The molecule has 0 saturated carbocycles. The summed E-state index contributed by atoms with van der Waals surface area (Å²) in [6.45, 7) is 4.45. The third-order valence-electron chi connectivity index (χ3n) is 7.55. The molecule has 2 aromatic rings. The van der Waals surface area contributed by atoms with Crippen LogP contribution in [0.5, 0.6) is 23.0 Å². The molecule has 0 aromatic heterocycles. The average Bonchev–Trinajstić information content (AvgIpc) is 3.09. The molecule has 208 valence electrons. The minimum absolute atomic E-state index is 0.179. The highest BCUT2D eigenvalue weighted by Crippen LogP contribution is 2.33. The van der Waals surface area contributed by atoms with Crippen LogP contribution in [-0.2, 0) is 28.4 Å². The Bertz CT molecular complexity index is 1140. The molecule has 1 saturated heterocycles. The van der Waals surface area contributed by atoms with Gasteiger partial charge in [0.25, 0.3) is 0 Å². The molecule has 0 bridgehead atoms. The molecule has 2 aliphatic rings. The second kappa shape index (κ2) is 13.3. The minimum Gasteiger partial charge on any atom is -0.493 e. The van der Waals surface area contributed by atoms with Gasteiger partial charge in [0.15, 0.2) is 23.0 Å². The molecule has 0 aliphatic carbocycles. The van der Waals surface area contributed by atoms with E-state index in [0.29, 0.717) is 41.1 Å². The van der Waals surface area contributed by atoms with Crippen molar-refractivity contribution < 1.29 is 28.0 Å². The molecule has 2 aliphatic heterocycles. The number of fused-ring (bicyclic) bond motifs is 1. The van der Waals surface area contributed by atoms with E-state index in [-0.39, 0.29) is 5.91 Å². The van der Waals surface area contributed by atoms with E-state index in [9.17, 15) is 9.00 Å². The highest BCUT2D eigenvalue weighted by atomic mass is 32.2. The van der Waals surface area contributed by atoms with Crippen LogP contribution in [0.25, 0.3) is 0 Å². The number of piperidine rings is 1. The molecule has 2 aromatic carbocycles. The summed E-state index contributed by atoms with van der Waals surface area (Å²) in [6.07, 6.45) is 4.33. The van der Waals surface area contributed by atoms with E-state index in [4.69, 9.17) is 18.9 Å². The van der Waals surface area contributed by atoms with Gasteiger partial charge in [0.2, 0.25) is 5.91 Å². The molecule has 8 nitrogen and oxygen atoms in total. The summed E-state index contributed by atoms with van der Waals surface area (Å²) >= 11 is 0. The van der Waals surface area contributed by atoms with Crippen LogP contribution in [0.2, 0.25) is 0 Å². The minimum atomic E-state index is -1.09. The van der Waals surface area contributed by atoms with Crippen molar-refractivity contribution in [1.29, 1.82) is 0 Å². The van der Waals surface area contributed by atoms with Gasteiger partial charge in [0, 0.05) is 36.3 Å². The zero-order valence-corrected chi connectivity index (χ0v) is 23.8. The van der Waals surface area contributed by atoms with E-state index in [1.54, 1.807) is 40.6 Å². The molecule has 9 heteroatoms. The summed E-state index contributed by atoms with van der Waals surface area (Å²) in [5, 5.41) is 0. The lowest BCUT2D eigenvalue weighted by Crippen LogP contribution is -2.43.